The highest BCUT2D eigenvalue weighted by molar-refractivity contribution is 7.18. The van der Waals surface area contributed by atoms with Crippen molar-refractivity contribution in [2.45, 2.75) is 39.5 Å². The Hall–Kier alpha value is -7.15. The molecule has 4 aromatic carbocycles. The predicted octanol–water partition coefficient (Wildman–Crippen LogP) is 12.6. The Labute approximate surface area is 429 Å². The van der Waals surface area contributed by atoms with Crippen LogP contribution in [-0.4, -0.2) is 75.7 Å². The Morgan fingerprint density at radius 2 is 0.972 bits per heavy atom. The van der Waals surface area contributed by atoms with E-state index in [1.54, 1.807) is 61.7 Å². The first-order valence-electron chi connectivity index (χ1n) is 21.9. The molecular weight excluding hydrogens is 986 g/mol. The molecule has 0 spiro atoms. The molecule has 0 saturated heterocycles. The smallest absolute Gasteiger partial charge is 0.181 e. The summed E-state index contributed by atoms with van der Waals surface area (Å²) in [5.41, 5.74) is 7.22. The highest BCUT2D eigenvalue weighted by Crippen LogP contribution is 2.37. The maximum absolute atomic E-state index is 14.2. The molecule has 8 aromatic rings. The summed E-state index contributed by atoms with van der Waals surface area (Å²) in [6, 6.07) is 27.4. The van der Waals surface area contributed by atoms with Crippen LogP contribution in [0.3, 0.4) is 0 Å². The summed E-state index contributed by atoms with van der Waals surface area (Å²) in [7, 11) is 8.97. The van der Waals surface area contributed by atoms with Crippen molar-refractivity contribution in [1.29, 1.82) is 0 Å². The van der Waals surface area contributed by atoms with E-state index >= 15 is 0 Å². The Balaban J connectivity index is 0.000000251. The van der Waals surface area contributed by atoms with Gasteiger partial charge in [-0.25, -0.2) is 24.6 Å². The zero-order chi connectivity index (χ0) is 51.2. The molecule has 13 nitrogen and oxygen atoms in total. The van der Waals surface area contributed by atoms with E-state index in [-0.39, 0.29) is 60.7 Å². The molecule has 0 bridgehead atoms. The Morgan fingerprint density at radius 1 is 0.556 bits per heavy atom. The number of oxime groups is 1. The van der Waals surface area contributed by atoms with Gasteiger partial charge in [0.1, 0.15) is 30.1 Å². The second kappa shape index (κ2) is 26.3. The molecule has 0 fully saturated rings. The molecule has 0 atom stereocenters. The number of aromatic nitrogens is 2. The van der Waals surface area contributed by atoms with E-state index in [0.29, 0.717) is 78.4 Å². The van der Waals surface area contributed by atoms with Crippen molar-refractivity contribution in [3.63, 3.8) is 0 Å². The summed E-state index contributed by atoms with van der Waals surface area (Å²) in [6.07, 6.45) is 0.610. The number of fused-ring (bicyclic) bond motifs is 2. The van der Waals surface area contributed by atoms with Gasteiger partial charge in [0.15, 0.2) is 40.3 Å². The van der Waals surface area contributed by atoms with Gasteiger partial charge in [-0.2, -0.15) is 0 Å². The number of Topliss-reactive ketones (excluding diaryl/α,β-unsaturated/α-hetero) is 3. The standard InChI is InChI=1S/C27H25FN2O4S.C26H22FNO4S.CH5NO.ClH/c1-16-12-22(19-15-35-27-18(19)6-5-7-20(27)28)29-23(13-16)21(30-34-4)9-10-24(31)17-8-11-25(32-2)26(14-17)33-3;1-15-11-20(18-14-33-26-17(18)5-4-6-19(26)27)28-21(12-15)23(30)9-8-22(29)16-7-10-24(31-2)25(13-16)32-3;1-3-2;/h5-8,11-15H,9-10H2,1-4H3;4-7,10-14H,8-9H2,1-3H3;2H2,1H3;1H/b30-21-;;;. The Kier molecular flexibility index (Phi) is 20.4. The molecule has 0 saturated carbocycles. The zero-order valence-electron chi connectivity index (χ0n) is 40.8. The van der Waals surface area contributed by atoms with Gasteiger partial charge in [-0.05, 0) is 97.8 Å². The summed E-state index contributed by atoms with van der Waals surface area (Å²) in [5.74, 6) is 5.40. The molecule has 4 heterocycles. The maximum atomic E-state index is 14.2. The average molecular weight is 1040 g/mol. The lowest BCUT2D eigenvalue weighted by atomic mass is 10.0. The number of hydrogen-bond donors (Lipinski definition) is 1. The number of nitrogens with zero attached hydrogens (tertiary/aromatic N) is 3. The zero-order valence-corrected chi connectivity index (χ0v) is 43.2. The third-order valence-corrected chi connectivity index (χ3v) is 13.0. The second-order valence-corrected chi connectivity index (χ2v) is 17.5. The number of carbonyl (C=O) groups excluding carboxylic acids is 3. The van der Waals surface area contributed by atoms with Crippen molar-refractivity contribution < 1.29 is 51.8 Å². The molecule has 0 radical (unpaired) electrons. The van der Waals surface area contributed by atoms with Gasteiger partial charge in [0.25, 0.3) is 0 Å². The minimum atomic E-state index is -0.277. The summed E-state index contributed by atoms with van der Waals surface area (Å²) >= 11 is 2.66. The summed E-state index contributed by atoms with van der Waals surface area (Å²) in [5, 5.41) is 9.50. The second-order valence-electron chi connectivity index (χ2n) is 15.7. The van der Waals surface area contributed by atoms with Crippen molar-refractivity contribution in [2.75, 3.05) is 42.7 Å². The van der Waals surface area contributed by atoms with Gasteiger partial charge in [0.05, 0.1) is 62.0 Å². The monoisotopic (exact) mass is 1040 g/mol. The highest BCUT2D eigenvalue weighted by atomic mass is 35.5. The first kappa shape index (κ1) is 55.8. The number of hydrogen-bond acceptors (Lipinski definition) is 15. The lowest BCUT2D eigenvalue weighted by Crippen LogP contribution is -2.10. The first-order chi connectivity index (χ1) is 34.3. The number of rotatable bonds is 17. The van der Waals surface area contributed by atoms with Gasteiger partial charge in [-0.3, -0.25) is 14.4 Å². The van der Waals surface area contributed by atoms with E-state index in [4.69, 9.17) is 28.8 Å². The number of carbonyl (C=O) groups is 3. The van der Waals surface area contributed by atoms with Crippen molar-refractivity contribution >= 4 is 78.3 Å². The predicted molar refractivity (Wildman–Crippen MR) is 282 cm³/mol. The number of nitrogens with two attached hydrogens (primary N) is 1. The lowest BCUT2D eigenvalue weighted by molar-refractivity contribution is 0.0915. The fraction of sp³-hybridized carbons (Fsp3) is 0.222. The fourth-order valence-corrected chi connectivity index (χ4v) is 9.51. The van der Waals surface area contributed by atoms with Crippen LogP contribution in [0.5, 0.6) is 23.0 Å². The van der Waals surface area contributed by atoms with Crippen molar-refractivity contribution in [3.8, 4) is 45.5 Å². The van der Waals surface area contributed by atoms with Crippen LogP contribution in [0.15, 0.2) is 113 Å². The van der Waals surface area contributed by atoms with Crippen LogP contribution in [0.4, 0.5) is 8.78 Å². The number of benzene rings is 4. The number of methoxy groups -OCH3 is 4. The van der Waals surface area contributed by atoms with E-state index in [1.807, 2.05) is 54.9 Å². The van der Waals surface area contributed by atoms with Gasteiger partial charge < -0.3 is 28.6 Å². The number of pyridine rings is 2. The average Bonchev–Trinajstić information content (AvgIpc) is 4.03. The molecule has 8 rings (SSSR count). The van der Waals surface area contributed by atoms with E-state index in [9.17, 15) is 23.2 Å². The van der Waals surface area contributed by atoms with E-state index < -0.39 is 0 Å². The van der Waals surface area contributed by atoms with Crippen LogP contribution in [-0.2, 0) is 9.68 Å². The van der Waals surface area contributed by atoms with Crippen LogP contribution in [0.1, 0.15) is 73.7 Å². The van der Waals surface area contributed by atoms with Crippen molar-refractivity contribution in [1.82, 2.24) is 9.97 Å². The lowest BCUT2D eigenvalue weighted by Gasteiger charge is -2.11. The molecule has 0 aliphatic heterocycles. The number of ketones is 3. The molecule has 376 valence electrons. The van der Waals surface area contributed by atoms with E-state index in [0.717, 1.165) is 33.0 Å². The normalized spacial score (nSPS) is 10.8. The van der Waals surface area contributed by atoms with Gasteiger partial charge in [0, 0.05) is 69.5 Å². The van der Waals surface area contributed by atoms with Crippen LogP contribution in [0.25, 0.3) is 42.7 Å². The highest BCUT2D eigenvalue weighted by Gasteiger charge is 2.20. The first-order valence-corrected chi connectivity index (χ1v) is 23.7. The molecule has 0 unspecified atom stereocenters. The third kappa shape index (κ3) is 13.4. The minimum absolute atomic E-state index is 0. The van der Waals surface area contributed by atoms with Gasteiger partial charge in [0.2, 0.25) is 0 Å². The SMILES string of the molecule is CO/N=C(/CCC(=O)c1ccc(OC)c(OC)c1)c1cc(C)cc(-c2csc3c(F)cccc23)n1.CON.COc1ccc(C(=O)CCC(=O)c2cc(C)cc(-c3csc4c(F)cccc34)n2)cc1OC.Cl. The largest absolute Gasteiger partial charge is 0.493 e. The molecule has 2 N–H and O–H groups in total. The molecule has 0 aliphatic carbocycles. The molecule has 0 aliphatic rings. The van der Waals surface area contributed by atoms with Crippen LogP contribution < -0.4 is 24.8 Å². The molecule has 0 amide bonds. The summed E-state index contributed by atoms with van der Waals surface area (Å²) in [6.45, 7) is 3.84. The number of halogens is 3. The van der Waals surface area contributed by atoms with Crippen LogP contribution >= 0.6 is 35.1 Å². The molecule has 4 aromatic heterocycles. The Morgan fingerprint density at radius 3 is 1.42 bits per heavy atom. The van der Waals surface area contributed by atoms with Crippen LogP contribution in [0, 0.1) is 25.5 Å². The third-order valence-electron chi connectivity index (χ3n) is 11.0. The quantitative estimate of drug-likeness (QED) is 0.0521. The fourth-order valence-electron chi connectivity index (χ4n) is 7.57. The molecule has 18 heteroatoms. The number of ether oxygens (including phenoxy) is 4. The molecule has 72 heavy (non-hydrogen) atoms. The van der Waals surface area contributed by atoms with Gasteiger partial charge in [-0.1, -0.05) is 29.4 Å². The van der Waals surface area contributed by atoms with E-state index in [2.05, 4.69) is 20.9 Å². The summed E-state index contributed by atoms with van der Waals surface area (Å²) < 4.78 is 50.5. The van der Waals surface area contributed by atoms with E-state index in [1.165, 1.54) is 70.4 Å². The van der Waals surface area contributed by atoms with Crippen molar-refractivity contribution in [2.24, 2.45) is 11.1 Å². The maximum Gasteiger partial charge on any atom is 0.181 e. The van der Waals surface area contributed by atoms with Crippen molar-refractivity contribution in [3.05, 3.63) is 153 Å². The topological polar surface area (TPSA) is 171 Å². The van der Waals surface area contributed by atoms with Gasteiger partial charge in [-0.15, -0.1) is 35.1 Å². The molecular formula is C54H53ClF2N4O9S2. The van der Waals surface area contributed by atoms with Crippen LogP contribution in [0.2, 0.25) is 0 Å². The Bertz CT molecular complexity index is 3230. The van der Waals surface area contributed by atoms with Gasteiger partial charge >= 0.3 is 0 Å². The summed E-state index contributed by atoms with van der Waals surface area (Å²) in [4.78, 5) is 56.6. The number of thiophene rings is 2. The minimum Gasteiger partial charge on any atom is -0.493 e. The number of aryl methyl sites for hydroxylation is 2.